The quantitative estimate of drug-likeness (QED) is 0.879. The molecule has 2 heterocycles. The van der Waals surface area contributed by atoms with Gasteiger partial charge in [0.2, 0.25) is 5.91 Å². The van der Waals surface area contributed by atoms with Gasteiger partial charge in [0.25, 0.3) is 0 Å². The summed E-state index contributed by atoms with van der Waals surface area (Å²) < 4.78 is 5.86. The number of amides is 1. The molecule has 4 nitrogen and oxygen atoms in total. The van der Waals surface area contributed by atoms with Crippen molar-refractivity contribution < 1.29 is 9.53 Å². The molecule has 0 aromatic heterocycles. The monoisotopic (exact) mass is 308 g/mol. The number of carbonyl (C=O) groups is 1. The lowest BCUT2D eigenvalue weighted by atomic mass is 9.96. The second kappa shape index (κ2) is 6.34. The van der Waals surface area contributed by atoms with E-state index in [2.05, 4.69) is 23.6 Å². The van der Waals surface area contributed by atoms with Crippen LogP contribution in [0.5, 0.6) is 0 Å². The van der Waals surface area contributed by atoms with Gasteiger partial charge in [0.05, 0.1) is 18.6 Å². The van der Waals surface area contributed by atoms with Crippen LogP contribution in [0, 0.1) is 0 Å². The summed E-state index contributed by atoms with van der Waals surface area (Å²) >= 11 is 6.46. The van der Waals surface area contributed by atoms with Crippen molar-refractivity contribution in [1.82, 2.24) is 5.32 Å². The second-order valence-electron chi connectivity index (χ2n) is 5.74. The summed E-state index contributed by atoms with van der Waals surface area (Å²) in [6.45, 7) is 3.89. The molecule has 1 fully saturated rings. The standard InChI is InChI=1S/C16H21ClN2O2/c1-2-5-18-16(14-4-3-6-21-14)11-7-10-8-15(20)19-13(10)9-12(11)17/h7,9,14,16,18H,2-6,8H2,1H3,(H,19,20). The molecule has 0 radical (unpaired) electrons. The van der Waals surface area contributed by atoms with Crippen molar-refractivity contribution in [3.8, 4) is 0 Å². The van der Waals surface area contributed by atoms with Crippen molar-refractivity contribution in [2.45, 2.75) is 44.8 Å². The molecule has 5 heteroatoms. The topological polar surface area (TPSA) is 50.4 Å². The zero-order valence-corrected chi connectivity index (χ0v) is 13.0. The second-order valence-corrected chi connectivity index (χ2v) is 6.15. The van der Waals surface area contributed by atoms with Gasteiger partial charge < -0.3 is 15.4 Å². The molecule has 1 amide bonds. The Balaban J connectivity index is 1.91. The van der Waals surface area contributed by atoms with Crippen LogP contribution in [0.3, 0.4) is 0 Å². The van der Waals surface area contributed by atoms with Crippen LogP contribution in [0.25, 0.3) is 0 Å². The van der Waals surface area contributed by atoms with Crippen LogP contribution in [0.2, 0.25) is 5.02 Å². The highest BCUT2D eigenvalue weighted by atomic mass is 35.5. The van der Waals surface area contributed by atoms with Gasteiger partial charge in [-0.2, -0.15) is 0 Å². The highest BCUT2D eigenvalue weighted by molar-refractivity contribution is 6.32. The zero-order chi connectivity index (χ0) is 14.8. The average Bonchev–Trinajstić information content (AvgIpc) is 3.08. The molecule has 2 aliphatic rings. The van der Waals surface area contributed by atoms with Crippen molar-refractivity contribution in [3.05, 3.63) is 28.3 Å². The summed E-state index contributed by atoms with van der Waals surface area (Å²) in [6.07, 6.45) is 3.80. The van der Waals surface area contributed by atoms with Gasteiger partial charge in [-0.25, -0.2) is 0 Å². The zero-order valence-electron chi connectivity index (χ0n) is 12.2. The summed E-state index contributed by atoms with van der Waals surface area (Å²) in [5.41, 5.74) is 2.92. The van der Waals surface area contributed by atoms with E-state index in [4.69, 9.17) is 16.3 Å². The summed E-state index contributed by atoms with van der Waals surface area (Å²) in [5.74, 6) is 0.0356. The fraction of sp³-hybridized carbons (Fsp3) is 0.562. The van der Waals surface area contributed by atoms with Crippen LogP contribution in [0.4, 0.5) is 5.69 Å². The minimum Gasteiger partial charge on any atom is -0.376 e. The first-order chi connectivity index (χ1) is 10.2. The molecule has 114 valence electrons. The third-order valence-electron chi connectivity index (χ3n) is 4.13. The predicted molar refractivity (Wildman–Crippen MR) is 83.8 cm³/mol. The lowest BCUT2D eigenvalue weighted by Gasteiger charge is -2.26. The van der Waals surface area contributed by atoms with Crippen LogP contribution in [-0.4, -0.2) is 25.2 Å². The molecule has 2 N–H and O–H groups in total. The van der Waals surface area contributed by atoms with Gasteiger partial charge >= 0.3 is 0 Å². The van der Waals surface area contributed by atoms with Gasteiger partial charge in [-0.05, 0) is 43.0 Å². The predicted octanol–water partition coefficient (Wildman–Crippen LogP) is 3.05. The van der Waals surface area contributed by atoms with Crippen molar-refractivity contribution in [1.29, 1.82) is 0 Å². The maximum absolute atomic E-state index is 11.5. The SMILES string of the molecule is CCCNC(c1cc2c(cc1Cl)NC(=O)C2)C1CCCO1. The largest absolute Gasteiger partial charge is 0.376 e. The van der Waals surface area contributed by atoms with Crippen molar-refractivity contribution >= 4 is 23.2 Å². The number of halogens is 1. The van der Waals surface area contributed by atoms with Gasteiger partial charge in [0.15, 0.2) is 0 Å². The highest BCUT2D eigenvalue weighted by Crippen LogP contribution is 2.36. The van der Waals surface area contributed by atoms with E-state index < -0.39 is 0 Å². The Hall–Kier alpha value is -1.10. The molecule has 0 saturated carbocycles. The Bertz CT molecular complexity index is 541. The van der Waals surface area contributed by atoms with E-state index in [0.29, 0.717) is 11.4 Å². The molecule has 2 atom stereocenters. The van der Waals surface area contributed by atoms with Crippen molar-refractivity contribution in [2.75, 3.05) is 18.5 Å². The Morgan fingerprint density at radius 3 is 3.10 bits per heavy atom. The van der Waals surface area contributed by atoms with E-state index in [1.165, 1.54) is 0 Å². The fourth-order valence-corrected chi connectivity index (χ4v) is 3.39. The van der Waals surface area contributed by atoms with E-state index in [0.717, 1.165) is 49.2 Å². The molecule has 3 rings (SSSR count). The molecule has 1 aromatic carbocycles. The van der Waals surface area contributed by atoms with Crippen LogP contribution in [0.1, 0.15) is 43.4 Å². The maximum Gasteiger partial charge on any atom is 0.228 e. The number of nitrogens with one attached hydrogen (secondary N) is 2. The van der Waals surface area contributed by atoms with Crippen molar-refractivity contribution in [2.24, 2.45) is 0 Å². The fourth-order valence-electron chi connectivity index (χ4n) is 3.11. The van der Waals surface area contributed by atoms with E-state index in [-0.39, 0.29) is 18.1 Å². The summed E-state index contributed by atoms with van der Waals surface area (Å²) in [6, 6.07) is 4.03. The molecule has 1 aromatic rings. The normalized spacial score (nSPS) is 22.2. The summed E-state index contributed by atoms with van der Waals surface area (Å²) in [5, 5.41) is 7.09. The van der Waals surface area contributed by atoms with Gasteiger partial charge in [0, 0.05) is 17.3 Å². The molecule has 2 aliphatic heterocycles. The van der Waals surface area contributed by atoms with Gasteiger partial charge in [-0.1, -0.05) is 24.6 Å². The Kier molecular flexibility index (Phi) is 4.48. The van der Waals surface area contributed by atoms with Crippen molar-refractivity contribution in [3.63, 3.8) is 0 Å². The minimum atomic E-state index is 0.0356. The third-order valence-corrected chi connectivity index (χ3v) is 4.46. The van der Waals surface area contributed by atoms with E-state index in [9.17, 15) is 4.79 Å². The molecule has 0 aliphatic carbocycles. The van der Waals surface area contributed by atoms with Gasteiger partial charge in [-0.3, -0.25) is 4.79 Å². The molecule has 1 saturated heterocycles. The van der Waals surface area contributed by atoms with Crippen LogP contribution >= 0.6 is 11.6 Å². The summed E-state index contributed by atoms with van der Waals surface area (Å²) in [7, 11) is 0. The first kappa shape index (κ1) is 14.8. The number of hydrogen-bond acceptors (Lipinski definition) is 3. The Labute approximate surface area is 130 Å². The Morgan fingerprint density at radius 1 is 1.52 bits per heavy atom. The van der Waals surface area contributed by atoms with Gasteiger partial charge in [-0.15, -0.1) is 0 Å². The van der Waals surface area contributed by atoms with Crippen LogP contribution in [0.15, 0.2) is 12.1 Å². The van der Waals surface area contributed by atoms with Crippen LogP contribution < -0.4 is 10.6 Å². The number of fused-ring (bicyclic) bond motifs is 1. The molecule has 2 unspecified atom stereocenters. The number of carbonyl (C=O) groups excluding carboxylic acids is 1. The molecular weight excluding hydrogens is 288 g/mol. The molecular formula is C16H21ClN2O2. The molecule has 21 heavy (non-hydrogen) atoms. The lowest BCUT2D eigenvalue weighted by molar-refractivity contribution is -0.115. The van der Waals surface area contributed by atoms with E-state index in [1.54, 1.807) is 0 Å². The van der Waals surface area contributed by atoms with E-state index >= 15 is 0 Å². The lowest BCUT2D eigenvalue weighted by Crippen LogP contribution is -2.32. The minimum absolute atomic E-state index is 0.0356. The maximum atomic E-state index is 11.5. The third kappa shape index (κ3) is 3.07. The molecule has 0 bridgehead atoms. The highest BCUT2D eigenvalue weighted by Gasteiger charge is 2.30. The number of rotatable bonds is 5. The van der Waals surface area contributed by atoms with Crippen LogP contribution in [-0.2, 0) is 16.0 Å². The number of ether oxygens (including phenoxy) is 1. The van der Waals surface area contributed by atoms with Gasteiger partial charge in [0.1, 0.15) is 0 Å². The summed E-state index contributed by atoms with van der Waals surface area (Å²) in [4.78, 5) is 11.5. The Morgan fingerprint density at radius 2 is 2.38 bits per heavy atom. The van der Waals surface area contributed by atoms with E-state index in [1.807, 2.05) is 6.07 Å². The first-order valence-corrected chi connectivity index (χ1v) is 8.04. The number of hydrogen-bond donors (Lipinski definition) is 2. The average molecular weight is 309 g/mol. The first-order valence-electron chi connectivity index (χ1n) is 7.66. The molecule has 0 spiro atoms. The number of anilines is 1. The smallest absolute Gasteiger partial charge is 0.228 e. The number of benzene rings is 1.